The van der Waals surface area contributed by atoms with E-state index in [1.165, 1.54) is 23.9 Å². The van der Waals surface area contributed by atoms with Crippen LogP contribution in [0.15, 0.2) is 79.5 Å². The highest BCUT2D eigenvalue weighted by Crippen LogP contribution is 2.39. The number of amidine groups is 1. The number of benzene rings is 3. The number of amides is 1. The summed E-state index contributed by atoms with van der Waals surface area (Å²) in [5, 5.41) is 11.7. The van der Waals surface area contributed by atoms with Gasteiger partial charge in [0.15, 0.2) is 5.17 Å². The highest BCUT2D eigenvalue weighted by atomic mass is 79.9. The molecule has 0 saturated carbocycles. The second-order valence-electron chi connectivity index (χ2n) is 8.19. The molecule has 1 aliphatic rings. The molecule has 11 heteroatoms. The molecule has 38 heavy (non-hydrogen) atoms. The highest BCUT2D eigenvalue weighted by molar-refractivity contribution is 9.11. The van der Waals surface area contributed by atoms with E-state index in [1.807, 2.05) is 49.4 Å². The van der Waals surface area contributed by atoms with Crippen LogP contribution in [0.1, 0.15) is 24.5 Å². The molecule has 0 aromatic heterocycles. The van der Waals surface area contributed by atoms with Gasteiger partial charge in [-0.25, -0.2) is 4.99 Å². The molecule has 1 heterocycles. The number of ether oxygens (including phenoxy) is 2. The Balaban J connectivity index is 1.55. The van der Waals surface area contributed by atoms with Gasteiger partial charge in [0.05, 0.1) is 31.6 Å². The van der Waals surface area contributed by atoms with Crippen LogP contribution in [0.4, 0.5) is 11.4 Å². The number of thioether (sulfide) groups is 1. The van der Waals surface area contributed by atoms with Gasteiger partial charge in [0.2, 0.25) is 0 Å². The molecular formula is C27H23Br2N3O5S. The first kappa shape index (κ1) is 27.9. The monoisotopic (exact) mass is 659 g/mol. The predicted molar refractivity (Wildman–Crippen MR) is 157 cm³/mol. The number of methoxy groups -OCH3 is 1. The number of nitro groups is 1. The third-order valence-electron chi connectivity index (χ3n) is 5.46. The van der Waals surface area contributed by atoms with Crippen LogP contribution in [0.5, 0.6) is 11.5 Å². The molecule has 1 saturated heterocycles. The first-order chi connectivity index (χ1) is 18.3. The highest BCUT2D eigenvalue weighted by Gasteiger charge is 2.32. The summed E-state index contributed by atoms with van der Waals surface area (Å²) in [5.41, 5.74) is 2.22. The van der Waals surface area contributed by atoms with Gasteiger partial charge in [0.1, 0.15) is 18.1 Å². The lowest BCUT2D eigenvalue weighted by Gasteiger charge is -2.14. The average molecular weight is 661 g/mol. The van der Waals surface area contributed by atoms with Crippen molar-refractivity contribution in [3.8, 4) is 11.5 Å². The molecule has 1 fully saturated rings. The zero-order valence-electron chi connectivity index (χ0n) is 20.5. The number of nitrogens with zero attached hydrogens (tertiary/aromatic N) is 3. The number of halogens is 2. The Morgan fingerprint density at radius 2 is 1.82 bits per heavy atom. The lowest BCUT2D eigenvalue weighted by molar-refractivity contribution is -0.384. The van der Waals surface area contributed by atoms with E-state index < -0.39 is 4.92 Å². The molecular weight excluding hydrogens is 638 g/mol. The summed E-state index contributed by atoms with van der Waals surface area (Å²) in [6.07, 6.45) is 2.63. The van der Waals surface area contributed by atoms with Gasteiger partial charge in [-0.05, 0) is 104 Å². The van der Waals surface area contributed by atoms with E-state index in [2.05, 4.69) is 31.9 Å². The van der Waals surface area contributed by atoms with E-state index in [4.69, 9.17) is 14.5 Å². The standard InChI is InChI=1S/C27H23Br2N3O5S/c1-3-11-31-26(33)24(38-27(31)30-19-7-9-21(36-2)10-8-19)15-18-13-22(28)25(23(29)14-18)37-16-17-5-4-6-20(12-17)32(34)35/h4-10,12-15H,3,11,16H2,1-2H3. The fraction of sp³-hybridized carbons (Fsp3) is 0.185. The molecule has 0 spiro atoms. The Kier molecular flexibility index (Phi) is 9.24. The molecule has 1 amide bonds. The van der Waals surface area contributed by atoms with E-state index in [-0.39, 0.29) is 18.2 Å². The zero-order chi connectivity index (χ0) is 27.2. The molecule has 3 aromatic rings. The minimum Gasteiger partial charge on any atom is -0.497 e. The fourth-order valence-corrected chi connectivity index (χ4v) is 6.12. The van der Waals surface area contributed by atoms with E-state index >= 15 is 0 Å². The number of rotatable bonds is 9. The van der Waals surface area contributed by atoms with Crippen LogP contribution >= 0.6 is 43.6 Å². The molecule has 0 radical (unpaired) electrons. The molecule has 0 N–H and O–H groups in total. The maximum absolute atomic E-state index is 13.2. The number of carbonyl (C=O) groups excluding carboxylic acids is 1. The Morgan fingerprint density at radius 3 is 2.45 bits per heavy atom. The third kappa shape index (κ3) is 6.64. The smallest absolute Gasteiger partial charge is 0.269 e. The molecule has 4 rings (SSSR count). The number of hydrogen-bond acceptors (Lipinski definition) is 7. The molecule has 0 aliphatic carbocycles. The molecule has 196 valence electrons. The summed E-state index contributed by atoms with van der Waals surface area (Å²) in [5.74, 6) is 1.20. The summed E-state index contributed by atoms with van der Waals surface area (Å²) in [4.78, 5) is 30.8. The second-order valence-corrected chi connectivity index (χ2v) is 10.9. The van der Waals surface area contributed by atoms with Gasteiger partial charge in [-0.3, -0.25) is 19.8 Å². The Morgan fingerprint density at radius 1 is 1.11 bits per heavy atom. The van der Waals surface area contributed by atoms with Crippen molar-refractivity contribution < 1.29 is 19.2 Å². The van der Waals surface area contributed by atoms with Crippen LogP contribution in [0.25, 0.3) is 6.08 Å². The number of non-ortho nitro benzene ring substituents is 1. The summed E-state index contributed by atoms with van der Waals surface area (Å²) in [6.45, 7) is 2.74. The van der Waals surface area contributed by atoms with Crippen LogP contribution in [-0.2, 0) is 11.4 Å². The largest absolute Gasteiger partial charge is 0.497 e. The molecule has 0 unspecified atom stereocenters. The zero-order valence-corrected chi connectivity index (χ0v) is 24.5. The molecule has 8 nitrogen and oxygen atoms in total. The van der Waals surface area contributed by atoms with Crippen molar-refractivity contribution >= 4 is 72.1 Å². The number of hydrogen-bond donors (Lipinski definition) is 0. The van der Waals surface area contributed by atoms with Crippen LogP contribution in [0, 0.1) is 10.1 Å². The van der Waals surface area contributed by atoms with Crippen molar-refractivity contribution in [1.29, 1.82) is 0 Å². The van der Waals surface area contributed by atoms with E-state index in [0.717, 1.165) is 23.4 Å². The van der Waals surface area contributed by atoms with Gasteiger partial charge in [0.25, 0.3) is 11.6 Å². The fourth-order valence-electron chi connectivity index (χ4n) is 3.65. The second kappa shape index (κ2) is 12.6. The normalized spacial score (nSPS) is 15.4. The molecule has 0 atom stereocenters. The summed E-state index contributed by atoms with van der Waals surface area (Å²) in [7, 11) is 1.61. The van der Waals surface area contributed by atoms with Crippen molar-refractivity contribution in [2.24, 2.45) is 4.99 Å². The van der Waals surface area contributed by atoms with Gasteiger partial charge in [-0.1, -0.05) is 19.1 Å². The minimum absolute atomic E-state index is 0.0111. The number of nitro benzene ring substituents is 1. The predicted octanol–water partition coefficient (Wildman–Crippen LogP) is 7.72. The first-order valence-electron chi connectivity index (χ1n) is 11.6. The van der Waals surface area contributed by atoms with Crippen molar-refractivity contribution in [2.45, 2.75) is 20.0 Å². The van der Waals surface area contributed by atoms with Crippen molar-refractivity contribution in [3.05, 3.63) is 95.8 Å². The maximum Gasteiger partial charge on any atom is 0.269 e. The summed E-state index contributed by atoms with van der Waals surface area (Å²) < 4.78 is 12.5. The van der Waals surface area contributed by atoms with Crippen molar-refractivity contribution in [1.82, 2.24) is 4.90 Å². The number of carbonyl (C=O) groups is 1. The van der Waals surface area contributed by atoms with Crippen LogP contribution in [-0.4, -0.2) is 34.6 Å². The van der Waals surface area contributed by atoms with Crippen LogP contribution in [0.2, 0.25) is 0 Å². The Hall–Kier alpha value is -3.15. The van der Waals surface area contributed by atoms with E-state index in [1.54, 1.807) is 24.1 Å². The summed E-state index contributed by atoms with van der Waals surface area (Å²) in [6, 6.07) is 17.4. The van der Waals surface area contributed by atoms with Crippen LogP contribution in [0.3, 0.4) is 0 Å². The van der Waals surface area contributed by atoms with Gasteiger partial charge >= 0.3 is 0 Å². The molecule has 1 aliphatic heterocycles. The third-order valence-corrected chi connectivity index (χ3v) is 7.64. The average Bonchev–Trinajstić information content (AvgIpc) is 3.18. The van der Waals surface area contributed by atoms with Gasteiger partial charge in [-0.15, -0.1) is 0 Å². The van der Waals surface area contributed by atoms with Crippen molar-refractivity contribution in [3.63, 3.8) is 0 Å². The molecule has 3 aromatic carbocycles. The van der Waals surface area contributed by atoms with Gasteiger partial charge < -0.3 is 9.47 Å². The maximum atomic E-state index is 13.2. The SMILES string of the molecule is CCCN1C(=O)C(=Cc2cc(Br)c(OCc3cccc([N+](=O)[O-])c3)c(Br)c2)SC1=Nc1ccc(OC)cc1. The van der Waals surface area contributed by atoms with E-state index in [0.29, 0.717) is 36.9 Å². The van der Waals surface area contributed by atoms with Gasteiger partial charge in [-0.2, -0.15) is 0 Å². The van der Waals surface area contributed by atoms with Crippen LogP contribution < -0.4 is 9.47 Å². The summed E-state index contributed by atoms with van der Waals surface area (Å²) >= 11 is 8.43. The first-order valence-corrected chi connectivity index (χ1v) is 14.0. The lowest BCUT2D eigenvalue weighted by atomic mass is 10.2. The topological polar surface area (TPSA) is 94.3 Å². The quantitative estimate of drug-likeness (QED) is 0.133. The Bertz CT molecular complexity index is 1400. The lowest BCUT2D eigenvalue weighted by Crippen LogP contribution is -2.29. The van der Waals surface area contributed by atoms with Crippen molar-refractivity contribution in [2.75, 3.05) is 13.7 Å². The Labute approximate surface area is 241 Å². The van der Waals surface area contributed by atoms with Gasteiger partial charge in [0, 0.05) is 18.7 Å². The number of aliphatic imine (C=N–C) groups is 1. The van der Waals surface area contributed by atoms with E-state index in [9.17, 15) is 14.9 Å². The molecule has 0 bridgehead atoms. The minimum atomic E-state index is -0.436.